The van der Waals surface area contributed by atoms with Crippen molar-refractivity contribution in [2.24, 2.45) is 0 Å². The molecule has 0 unspecified atom stereocenters. The third-order valence-electron chi connectivity index (χ3n) is 5.13. The number of carbonyl (C=O) groups excluding carboxylic acids is 1. The number of ether oxygens (including phenoxy) is 2. The lowest BCUT2D eigenvalue weighted by Gasteiger charge is -2.26. The second kappa shape index (κ2) is 10.4. The van der Waals surface area contributed by atoms with Crippen LogP contribution in [-0.2, 0) is 19.6 Å². The molecule has 0 bridgehead atoms. The van der Waals surface area contributed by atoms with E-state index in [1.165, 1.54) is 16.4 Å². The monoisotopic (exact) mass is 486 g/mol. The Labute approximate surface area is 197 Å². The Morgan fingerprint density at radius 3 is 2.45 bits per heavy atom. The number of hydrogen-bond donors (Lipinski definition) is 1. The zero-order chi connectivity index (χ0) is 23.3. The molecule has 0 saturated carbocycles. The maximum atomic E-state index is 13.0. The fourth-order valence-corrected chi connectivity index (χ4v) is 5.40. The lowest BCUT2D eigenvalue weighted by atomic mass is 10.1. The molecule has 0 atom stereocenters. The van der Waals surface area contributed by atoms with Crippen molar-refractivity contribution in [3.63, 3.8) is 0 Å². The van der Waals surface area contributed by atoms with E-state index >= 15 is 0 Å². The zero-order valence-corrected chi connectivity index (χ0v) is 19.3. The highest BCUT2D eigenvalue weighted by molar-refractivity contribution is 7.89. The summed E-state index contributed by atoms with van der Waals surface area (Å²) in [6, 6.07) is 21.6. The molecule has 0 aromatic heterocycles. The number of nitrogens with zero attached hydrogens (tertiary/aromatic N) is 1. The molecule has 1 aliphatic heterocycles. The largest absolute Gasteiger partial charge is 0.483 e. The maximum Gasteiger partial charge on any atom is 0.262 e. The summed E-state index contributed by atoms with van der Waals surface area (Å²) >= 11 is 6.18. The number of halogens is 1. The van der Waals surface area contributed by atoms with Gasteiger partial charge >= 0.3 is 0 Å². The van der Waals surface area contributed by atoms with Crippen LogP contribution in [0.2, 0.25) is 5.02 Å². The molecule has 33 heavy (non-hydrogen) atoms. The molecular weight excluding hydrogens is 464 g/mol. The molecule has 3 aromatic rings. The second-order valence-electron chi connectivity index (χ2n) is 7.36. The van der Waals surface area contributed by atoms with Gasteiger partial charge in [-0.05, 0) is 29.8 Å². The zero-order valence-electron chi connectivity index (χ0n) is 17.7. The molecule has 1 fully saturated rings. The second-order valence-corrected chi connectivity index (χ2v) is 9.67. The summed E-state index contributed by atoms with van der Waals surface area (Å²) < 4.78 is 38.3. The molecule has 1 aliphatic rings. The molecule has 1 amide bonds. The summed E-state index contributed by atoms with van der Waals surface area (Å²) in [6.07, 6.45) is 0. The van der Waals surface area contributed by atoms with Gasteiger partial charge in [0.2, 0.25) is 10.0 Å². The quantitative estimate of drug-likeness (QED) is 0.544. The van der Waals surface area contributed by atoms with Gasteiger partial charge in [-0.1, -0.05) is 60.1 Å². The number of nitrogens with one attached hydrogen (secondary N) is 1. The van der Waals surface area contributed by atoms with Crippen molar-refractivity contribution in [3.8, 4) is 16.9 Å². The van der Waals surface area contributed by atoms with Crippen molar-refractivity contribution in [2.45, 2.75) is 4.90 Å². The smallest absolute Gasteiger partial charge is 0.262 e. The first-order valence-corrected chi connectivity index (χ1v) is 12.2. The van der Waals surface area contributed by atoms with Crippen molar-refractivity contribution in [3.05, 3.63) is 77.8 Å². The third-order valence-corrected chi connectivity index (χ3v) is 7.51. The van der Waals surface area contributed by atoms with Gasteiger partial charge in [0.1, 0.15) is 10.6 Å². The number of anilines is 1. The molecule has 3 aromatic carbocycles. The van der Waals surface area contributed by atoms with Gasteiger partial charge in [0.25, 0.3) is 5.91 Å². The minimum Gasteiger partial charge on any atom is -0.483 e. The van der Waals surface area contributed by atoms with Gasteiger partial charge in [-0.15, -0.1) is 0 Å². The molecule has 4 rings (SSSR count). The van der Waals surface area contributed by atoms with Gasteiger partial charge in [-0.3, -0.25) is 4.79 Å². The topological polar surface area (TPSA) is 84.9 Å². The predicted molar refractivity (Wildman–Crippen MR) is 127 cm³/mol. The van der Waals surface area contributed by atoms with Crippen molar-refractivity contribution in [1.82, 2.24) is 4.31 Å². The van der Waals surface area contributed by atoms with Gasteiger partial charge < -0.3 is 14.8 Å². The SMILES string of the molecule is O=C(COc1ccccc1-c1ccccc1)Nc1ccc(Cl)c(S(=O)(=O)N2CCOCC2)c1. The standard InChI is InChI=1S/C24H23ClN2O5S/c25-21-11-10-19(16-23(21)33(29,30)27-12-14-31-15-13-27)26-24(28)17-32-22-9-5-4-8-20(22)18-6-2-1-3-7-18/h1-11,16H,12-15,17H2,(H,26,28). The van der Waals surface area contributed by atoms with Crippen molar-refractivity contribution in [1.29, 1.82) is 0 Å². The van der Waals surface area contributed by atoms with Crippen molar-refractivity contribution in [2.75, 3.05) is 38.2 Å². The Hall–Kier alpha value is -2.91. The van der Waals surface area contributed by atoms with Gasteiger partial charge in [0, 0.05) is 24.3 Å². The van der Waals surface area contributed by atoms with Crippen LogP contribution in [0.5, 0.6) is 5.75 Å². The number of carbonyl (C=O) groups is 1. The van der Waals surface area contributed by atoms with Crippen LogP contribution in [0.15, 0.2) is 77.7 Å². The van der Waals surface area contributed by atoms with Crippen molar-refractivity contribution < 1.29 is 22.7 Å². The number of morpholine rings is 1. The highest BCUT2D eigenvalue weighted by Crippen LogP contribution is 2.30. The fraction of sp³-hybridized carbons (Fsp3) is 0.208. The first-order valence-electron chi connectivity index (χ1n) is 10.4. The molecule has 1 N–H and O–H groups in total. The van der Waals surface area contributed by atoms with E-state index in [-0.39, 0.29) is 29.6 Å². The van der Waals surface area contributed by atoms with Crippen LogP contribution >= 0.6 is 11.6 Å². The van der Waals surface area contributed by atoms with Crippen LogP contribution in [0, 0.1) is 0 Å². The summed E-state index contributed by atoms with van der Waals surface area (Å²) in [5.74, 6) is 0.153. The molecule has 7 nitrogen and oxygen atoms in total. The average molecular weight is 487 g/mol. The molecule has 0 aliphatic carbocycles. The number of para-hydroxylation sites is 1. The van der Waals surface area contributed by atoms with Gasteiger partial charge in [-0.2, -0.15) is 4.31 Å². The van der Waals surface area contributed by atoms with Crippen molar-refractivity contribution >= 4 is 33.2 Å². The van der Waals surface area contributed by atoms with E-state index in [2.05, 4.69) is 5.32 Å². The highest BCUT2D eigenvalue weighted by Gasteiger charge is 2.28. The number of hydrogen-bond acceptors (Lipinski definition) is 5. The summed E-state index contributed by atoms with van der Waals surface area (Å²) in [7, 11) is -3.80. The van der Waals surface area contributed by atoms with Gasteiger partial charge in [0.05, 0.1) is 18.2 Å². The van der Waals surface area contributed by atoms with Crippen LogP contribution in [0.3, 0.4) is 0 Å². The van der Waals surface area contributed by atoms with E-state index in [9.17, 15) is 13.2 Å². The molecule has 0 spiro atoms. The molecular formula is C24H23ClN2O5S. The Morgan fingerprint density at radius 2 is 1.70 bits per heavy atom. The van der Waals surface area contributed by atoms with E-state index in [0.717, 1.165) is 11.1 Å². The Bertz CT molecular complexity index is 1230. The first kappa shape index (κ1) is 23.3. The lowest BCUT2D eigenvalue weighted by Crippen LogP contribution is -2.40. The van der Waals surface area contributed by atoms with E-state index in [4.69, 9.17) is 21.1 Å². The Kier molecular flexibility index (Phi) is 7.29. The van der Waals surface area contributed by atoms with Crippen LogP contribution in [0.1, 0.15) is 0 Å². The minimum atomic E-state index is -3.80. The van der Waals surface area contributed by atoms with E-state index in [1.54, 1.807) is 12.1 Å². The summed E-state index contributed by atoms with van der Waals surface area (Å²) in [6.45, 7) is 0.927. The molecule has 172 valence electrons. The summed E-state index contributed by atoms with van der Waals surface area (Å²) in [4.78, 5) is 12.5. The van der Waals surface area contributed by atoms with E-state index < -0.39 is 15.9 Å². The molecule has 1 heterocycles. The van der Waals surface area contributed by atoms with E-state index in [0.29, 0.717) is 24.7 Å². The molecule has 0 radical (unpaired) electrons. The van der Waals surface area contributed by atoms with Crippen LogP contribution in [-0.4, -0.2) is 51.5 Å². The fourth-order valence-electron chi connectivity index (χ4n) is 3.49. The Morgan fingerprint density at radius 1 is 1.00 bits per heavy atom. The van der Waals surface area contributed by atoms with Gasteiger partial charge in [-0.25, -0.2) is 8.42 Å². The third kappa shape index (κ3) is 5.54. The van der Waals surface area contributed by atoms with E-state index in [1.807, 2.05) is 48.5 Å². The number of benzene rings is 3. The van der Waals surface area contributed by atoms with Crippen LogP contribution in [0.25, 0.3) is 11.1 Å². The summed E-state index contributed by atoms with van der Waals surface area (Å²) in [5.41, 5.74) is 2.16. The normalized spacial score (nSPS) is 14.6. The predicted octanol–water partition coefficient (Wildman–Crippen LogP) is 4.05. The highest BCUT2D eigenvalue weighted by atomic mass is 35.5. The first-order chi connectivity index (χ1) is 15.9. The Balaban J connectivity index is 1.45. The minimum absolute atomic E-state index is 0.0563. The van der Waals surface area contributed by atoms with Crippen LogP contribution < -0.4 is 10.1 Å². The number of rotatable bonds is 7. The number of sulfonamides is 1. The lowest BCUT2D eigenvalue weighted by molar-refractivity contribution is -0.118. The molecule has 1 saturated heterocycles. The maximum absolute atomic E-state index is 13.0. The molecule has 9 heteroatoms. The summed E-state index contributed by atoms with van der Waals surface area (Å²) in [5, 5.41) is 2.77. The average Bonchev–Trinajstić information content (AvgIpc) is 2.85. The number of amides is 1. The van der Waals surface area contributed by atoms with Crippen LogP contribution in [0.4, 0.5) is 5.69 Å². The van der Waals surface area contributed by atoms with Gasteiger partial charge in [0.15, 0.2) is 6.61 Å².